The van der Waals surface area contributed by atoms with Crippen molar-refractivity contribution in [2.24, 2.45) is 0 Å². The number of hydrogen-bond donors (Lipinski definition) is 1. The van der Waals surface area contributed by atoms with Crippen LogP contribution in [0.25, 0.3) is 5.65 Å². The second-order valence-corrected chi connectivity index (χ2v) is 1.89. The third-order valence-corrected chi connectivity index (χ3v) is 1.23. The predicted molar refractivity (Wildman–Crippen MR) is 35.2 cm³/mol. The Kier molecular flexibility index (Phi) is 0.858. The smallest absolute Gasteiger partial charge is 0.200 e. The molecule has 5 nitrogen and oxygen atoms in total. The zero-order valence-corrected chi connectivity index (χ0v) is 5.10. The van der Waals surface area contributed by atoms with Crippen LogP contribution < -0.4 is 5.73 Å². The number of fused-ring (bicyclic) bond motifs is 1. The van der Waals surface area contributed by atoms with E-state index >= 15 is 0 Å². The molecule has 0 aromatic carbocycles. The third-order valence-electron chi connectivity index (χ3n) is 1.23. The van der Waals surface area contributed by atoms with Gasteiger partial charge in [0.1, 0.15) is 6.33 Å². The van der Waals surface area contributed by atoms with Crippen LogP contribution in [0.5, 0.6) is 0 Å². The van der Waals surface area contributed by atoms with Crippen LogP contribution in [0.15, 0.2) is 18.6 Å². The van der Waals surface area contributed by atoms with E-state index in [1.807, 2.05) is 0 Å². The molecule has 10 heavy (non-hydrogen) atoms. The average molecular weight is 135 g/mol. The second kappa shape index (κ2) is 1.66. The minimum absolute atomic E-state index is 0.590. The first-order valence-corrected chi connectivity index (χ1v) is 2.78. The van der Waals surface area contributed by atoms with E-state index in [0.717, 1.165) is 0 Å². The summed E-state index contributed by atoms with van der Waals surface area (Å²) in [6.07, 6.45) is 3.11. The lowest BCUT2D eigenvalue weighted by Gasteiger charge is -1.91. The molecule has 0 aliphatic rings. The summed E-state index contributed by atoms with van der Waals surface area (Å²) in [6.45, 7) is 0. The lowest BCUT2D eigenvalue weighted by Crippen LogP contribution is -1.94. The van der Waals surface area contributed by atoms with Gasteiger partial charge < -0.3 is 5.73 Å². The van der Waals surface area contributed by atoms with Crippen molar-refractivity contribution in [3.8, 4) is 0 Å². The molecular weight excluding hydrogens is 130 g/mol. The van der Waals surface area contributed by atoms with Crippen molar-refractivity contribution < 1.29 is 0 Å². The van der Waals surface area contributed by atoms with Crippen LogP contribution in [0, 0.1) is 0 Å². The van der Waals surface area contributed by atoms with E-state index in [-0.39, 0.29) is 0 Å². The summed E-state index contributed by atoms with van der Waals surface area (Å²) in [5.41, 5.74) is 6.73. The minimum atomic E-state index is 0.590. The summed E-state index contributed by atoms with van der Waals surface area (Å²) in [6, 6.07) is 1.68. The van der Waals surface area contributed by atoms with Gasteiger partial charge in [-0.2, -0.15) is 9.61 Å². The summed E-state index contributed by atoms with van der Waals surface area (Å²) in [7, 11) is 0. The summed E-state index contributed by atoms with van der Waals surface area (Å²) in [5, 5.41) is 11.3. The molecule has 0 radical (unpaired) electrons. The van der Waals surface area contributed by atoms with Crippen LogP contribution in [-0.2, 0) is 0 Å². The Bertz CT molecular complexity index is 352. The van der Waals surface area contributed by atoms with Gasteiger partial charge in [0.05, 0.1) is 11.9 Å². The maximum absolute atomic E-state index is 5.54. The first-order valence-electron chi connectivity index (χ1n) is 2.78. The van der Waals surface area contributed by atoms with Gasteiger partial charge in [-0.25, -0.2) is 0 Å². The van der Waals surface area contributed by atoms with Gasteiger partial charge in [-0.05, 0) is 6.07 Å². The van der Waals surface area contributed by atoms with Gasteiger partial charge >= 0.3 is 0 Å². The van der Waals surface area contributed by atoms with Gasteiger partial charge in [0.2, 0.25) is 0 Å². The molecule has 2 heterocycles. The third kappa shape index (κ3) is 0.540. The van der Waals surface area contributed by atoms with Gasteiger partial charge in [0.25, 0.3) is 0 Å². The van der Waals surface area contributed by atoms with Crippen molar-refractivity contribution in [3.05, 3.63) is 18.6 Å². The molecule has 0 amide bonds. The van der Waals surface area contributed by atoms with Crippen LogP contribution in [-0.4, -0.2) is 19.8 Å². The molecular formula is C5H5N5. The van der Waals surface area contributed by atoms with Crippen molar-refractivity contribution in [2.75, 3.05) is 5.73 Å². The molecule has 5 heteroatoms. The van der Waals surface area contributed by atoms with E-state index in [1.165, 1.54) is 10.8 Å². The Morgan fingerprint density at radius 3 is 3.20 bits per heavy atom. The normalized spacial score (nSPS) is 10.4. The minimum Gasteiger partial charge on any atom is -0.396 e. The van der Waals surface area contributed by atoms with Gasteiger partial charge in [-0.1, -0.05) is 0 Å². The number of aromatic nitrogens is 4. The van der Waals surface area contributed by atoms with Crippen molar-refractivity contribution in [3.63, 3.8) is 0 Å². The van der Waals surface area contributed by atoms with E-state index in [9.17, 15) is 0 Å². The first kappa shape index (κ1) is 5.16. The standard InChI is InChI=1S/C5H5N5/c6-4-1-2-8-10-3-7-9-5(4)10/h1-3H,6H2. The number of anilines is 1. The zero-order valence-electron chi connectivity index (χ0n) is 5.10. The van der Waals surface area contributed by atoms with Gasteiger partial charge in [0, 0.05) is 0 Å². The monoisotopic (exact) mass is 135 g/mol. The lowest BCUT2D eigenvalue weighted by atomic mass is 10.5. The summed E-state index contributed by atoms with van der Waals surface area (Å²) in [4.78, 5) is 0. The maximum atomic E-state index is 5.54. The fraction of sp³-hybridized carbons (Fsp3) is 0. The molecule has 2 rings (SSSR count). The van der Waals surface area contributed by atoms with Crippen LogP contribution >= 0.6 is 0 Å². The zero-order chi connectivity index (χ0) is 6.97. The Hall–Kier alpha value is -1.65. The Morgan fingerprint density at radius 1 is 1.50 bits per heavy atom. The highest BCUT2D eigenvalue weighted by Crippen LogP contribution is 2.04. The van der Waals surface area contributed by atoms with Gasteiger partial charge in [0.15, 0.2) is 5.65 Å². The SMILES string of the molecule is Nc1ccnn2cnnc12. The average Bonchev–Trinajstić information content (AvgIpc) is 2.36. The molecule has 50 valence electrons. The maximum Gasteiger partial charge on any atom is 0.200 e. The van der Waals surface area contributed by atoms with Crippen LogP contribution in [0.3, 0.4) is 0 Å². The van der Waals surface area contributed by atoms with E-state index in [1.54, 1.807) is 12.3 Å². The Morgan fingerprint density at radius 2 is 2.40 bits per heavy atom. The topological polar surface area (TPSA) is 69.1 Å². The van der Waals surface area contributed by atoms with E-state index in [4.69, 9.17) is 5.73 Å². The lowest BCUT2D eigenvalue weighted by molar-refractivity contribution is 0.928. The fourth-order valence-electron chi connectivity index (χ4n) is 0.764. The molecule has 0 spiro atoms. The highest BCUT2D eigenvalue weighted by Gasteiger charge is 1.97. The number of hydrogen-bond acceptors (Lipinski definition) is 4. The largest absolute Gasteiger partial charge is 0.396 e. The number of nitrogens with two attached hydrogens (primary N) is 1. The molecule has 0 saturated heterocycles. The van der Waals surface area contributed by atoms with Crippen molar-refractivity contribution >= 4 is 11.3 Å². The van der Waals surface area contributed by atoms with Crippen molar-refractivity contribution in [1.29, 1.82) is 0 Å². The Balaban J connectivity index is 2.95. The highest BCUT2D eigenvalue weighted by atomic mass is 15.3. The molecule has 0 bridgehead atoms. The van der Waals surface area contributed by atoms with E-state index < -0.39 is 0 Å². The Labute approximate surface area is 56.5 Å². The van der Waals surface area contributed by atoms with Crippen LogP contribution in [0.1, 0.15) is 0 Å². The fourth-order valence-corrected chi connectivity index (χ4v) is 0.764. The number of nitrogens with zero attached hydrogens (tertiary/aromatic N) is 4. The molecule has 2 aromatic rings. The summed E-state index contributed by atoms with van der Waals surface area (Å²) >= 11 is 0. The predicted octanol–water partition coefficient (Wildman–Crippen LogP) is -0.294. The molecule has 2 aromatic heterocycles. The number of rotatable bonds is 0. The molecule has 0 aliphatic carbocycles. The second-order valence-electron chi connectivity index (χ2n) is 1.89. The molecule has 0 aliphatic heterocycles. The molecule has 0 unspecified atom stereocenters. The molecule has 0 saturated carbocycles. The molecule has 0 atom stereocenters. The van der Waals surface area contributed by atoms with E-state index in [2.05, 4.69) is 15.3 Å². The van der Waals surface area contributed by atoms with Crippen LogP contribution in [0.2, 0.25) is 0 Å². The summed E-state index contributed by atoms with van der Waals surface area (Å²) in [5.74, 6) is 0. The molecule has 2 N–H and O–H groups in total. The quantitative estimate of drug-likeness (QED) is 0.538. The highest BCUT2D eigenvalue weighted by molar-refractivity contribution is 5.61. The summed E-state index contributed by atoms with van der Waals surface area (Å²) < 4.78 is 1.52. The van der Waals surface area contributed by atoms with Gasteiger partial charge in [-0.15, -0.1) is 10.2 Å². The van der Waals surface area contributed by atoms with E-state index in [0.29, 0.717) is 11.3 Å². The van der Waals surface area contributed by atoms with Crippen molar-refractivity contribution in [1.82, 2.24) is 19.8 Å². The van der Waals surface area contributed by atoms with Gasteiger partial charge in [-0.3, -0.25) is 0 Å². The first-order chi connectivity index (χ1) is 4.88. The van der Waals surface area contributed by atoms with Crippen molar-refractivity contribution in [2.45, 2.75) is 0 Å². The van der Waals surface area contributed by atoms with Crippen LogP contribution in [0.4, 0.5) is 5.69 Å². The number of nitrogen functional groups attached to an aromatic ring is 1. The molecule has 0 fully saturated rings.